The van der Waals surface area contributed by atoms with Crippen molar-refractivity contribution in [2.45, 2.75) is 7.59 Å². The molecule has 3 nitrogen and oxygen atoms in total. The van der Waals surface area contributed by atoms with Gasteiger partial charge in [0.1, 0.15) is 13.2 Å². The Labute approximate surface area is 140 Å². The van der Waals surface area contributed by atoms with Crippen LogP contribution >= 0.6 is 87.8 Å². The zero-order valence-corrected chi connectivity index (χ0v) is 16.6. The third-order valence-corrected chi connectivity index (χ3v) is 2.88. The van der Waals surface area contributed by atoms with E-state index in [1.165, 1.54) is 0 Å². The number of halogens is 7. The van der Waals surface area contributed by atoms with Crippen molar-refractivity contribution in [2.75, 3.05) is 13.2 Å². The SMILES string of the molecule is O=P(Cl)(OCC(Cl)(Cl)Cl)OCC(Cl)(Cl)Cl.[Zn]. The summed E-state index contributed by atoms with van der Waals surface area (Å²) in [5.74, 6) is 0. The average molecular weight is 445 g/mol. The Morgan fingerprint density at radius 2 is 1.12 bits per heavy atom. The van der Waals surface area contributed by atoms with Gasteiger partial charge in [-0.25, -0.2) is 4.57 Å². The summed E-state index contributed by atoms with van der Waals surface area (Å²) in [6.45, 7) is -4.95. The first-order valence-electron chi connectivity index (χ1n) is 3.14. The summed E-state index contributed by atoms with van der Waals surface area (Å²) >= 11 is 37.2. The molecule has 0 rings (SSSR count). The third kappa shape index (κ3) is 14.9. The fraction of sp³-hybridized carbons (Fsp3) is 1.00. The van der Waals surface area contributed by atoms with Crippen molar-refractivity contribution < 1.29 is 33.1 Å². The molecule has 0 aromatic rings. The summed E-state index contributed by atoms with van der Waals surface area (Å²) in [6, 6.07) is 0. The summed E-state index contributed by atoms with van der Waals surface area (Å²) in [7, 11) is 0. The van der Waals surface area contributed by atoms with Gasteiger partial charge in [-0.15, -0.1) is 0 Å². The second kappa shape index (κ2) is 8.17. The first-order chi connectivity index (χ1) is 6.41. The minimum atomic E-state index is -3.92. The van der Waals surface area contributed by atoms with Crippen LogP contribution in [0.5, 0.6) is 0 Å². The van der Waals surface area contributed by atoms with Gasteiger partial charge in [0, 0.05) is 30.7 Å². The zero-order valence-electron chi connectivity index (χ0n) is 7.44. The summed E-state index contributed by atoms with van der Waals surface area (Å²) in [5.41, 5.74) is 0. The van der Waals surface area contributed by atoms with Crippen molar-refractivity contribution in [3.05, 3.63) is 0 Å². The van der Waals surface area contributed by atoms with Gasteiger partial charge in [0.2, 0.25) is 7.59 Å². The topological polar surface area (TPSA) is 35.5 Å². The molecule has 0 amide bonds. The van der Waals surface area contributed by atoms with Crippen LogP contribution in [0.15, 0.2) is 0 Å². The molecular formula is C4H4Cl7O3PZn. The van der Waals surface area contributed by atoms with Crippen molar-refractivity contribution in [1.29, 1.82) is 0 Å². The Balaban J connectivity index is 0. The van der Waals surface area contributed by atoms with E-state index in [2.05, 4.69) is 9.05 Å². The summed E-state index contributed by atoms with van der Waals surface area (Å²) < 4.78 is 16.8. The zero-order chi connectivity index (χ0) is 12.3. The maximum absolute atomic E-state index is 11.3. The molecule has 0 saturated carbocycles. The van der Waals surface area contributed by atoms with Crippen LogP contribution in [0.2, 0.25) is 0 Å². The van der Waals surface area contributed by atoms with Crippen LogP contribution in [-0.2, 0) is 33.1 Å². The molecule has 0 N–H and O–H groups in total. The molecule has 0 heterocycles. The number of hydrogen-bond donors (Lipinski definition) is 0. The maximum Gasteiger partial charge on any atom is 0.424 e. The molecule has 0 unspecified atom stereocenters. The smallest absolute Gasteiger partial charge is 0.292 e. The van der Waals surface area contributed by atoms with E-state index < -0.39 is 27.7 Å². The minimum Gasteiger partial charge on any atom is -0.292 e. The number of rotatable bonds is 4. The third-order valence-electron chi connectivity index (χ3n) is 0.765. The van der Waals surface area contributed by atoms with Crippen molar-refractivity contribution in [3.63, 3.8) is 0 Å². The molecule has 94 valence electrons. The van der Waals surface area contributed by atoms with Crippen LogP contribution in [0.3, 0.4) is 0 Å². The Hall–Kier alpha value is 2.80. The van der Waals surface area contributed by atoms with Gasteiger partial charge in [0.05, 0.1) is 0 Å². The molecule has 0 fully saturated rings. The number of hydrogen-bond acceptors (Lipinski definition) is 3. The van der Waals surface area contributed by atoms with Gasteiger partial charge >= 0.3 is 6.95 Å². The molecule has 0 radical (unpaired) electrons. The van der Waals surface area contributed by atoms with Crippen molar-refractivity contribution in [3.8, 4) is 0 Å². The standard InChI is InChI=1S/C4H4Cl7O3P.Zn/c5-3(6,7)1-13-15(11,12)14-2-4(8,9)10;/h1-2H2;. The molecule has 16 heavy (non-hydrogen) atoms. The van der Waals surface area contributed by atoms with Gasteiger partial charge in [0.15, 0.2) is 0 Å². The van der Waals surface area contributed by atoms with Crippen LogP contribution in [0.25, 0.3) is 0 Å². The van der Waals surface area contributed by atoms with Crippen LogP contribution in [0.1, 0.15) is 0 Å². The average Bonchev–Trinajstić information content (AvgIpc) is 1.96. The summed E-state index contributed by atoms with van der Waals surface area (Å²) in [4.78, 5) is 0. The molecule has 0 aromatic carbocycles. The molecule has 0 atom stereocenters. The molecular weight excluding hydrogens is 441 g/mol. The van der Waals surface area contributed by atoms with E-state index in [0.29, 0.717) is 0 Å². The van der Waals surface area contributed by atoms with Crippen molar-refractivity contribution in [2.24, 2.45) is 0 Å². The van der Waals surface area contributed by atoms with E-state index in [4.69, 9.17) is 80.8 Å². The molecule has 0 bridgehead atoms. The molecule has 12 heteroatoms. The Bertz CT molecular complexity index is 229. The molecule has 0 aliphatic carbocycles. The van der Waals surface area contributed by atoms with Gasteiger partial charge in [-0.2, -0.15) is 0 Å². The van der Waals surface area contributed by atoms with E-state index in [0.717, 1.165) is 0 Å². The fourth-order valence-electron chi connectivity index (χ4n) is 0.338. The molecule has 0 aliphatic rings. The van der Waals surface area contributed by atoms with E-state index in [1.807, 2.05) is 0 Å². The van der Waals surface area contributed by atoms with Crippen molar-refractivity contribution >= 4 is 87.8 Å². The molecule has 0 saturated heterocycles. The first kappa shape index (κ1) is 21.1. The molecule has 0 aromatic heterocycles. The minimum absolute atomic E-state index is 0. The normalized spacial score (nSPS) is 13.4. The van der Waals surface area contributed by atoms with Crippen molar-refractivity contribution in [1.82, 2.24) is 0 Å². The van der Waals surface area contributed by atoms with E-state index in [-0.39, 0.29) is 19.5 Å². The van der Waals surface area contributed by atoms with Crippen LogP contribution in [-0.4, -0.2) is 20.8 Å². The Morgan fingerprint density at radius 3 is 1.31 bits per heavy atom. The molecule has 0 aliphatic heterocycles. The second-order valence-corrected chi connectivity index (χ2v) is 9.86. The fourth-order valence-corrected chi connectivity index (χ4v) is 2.18. The van der Waals surface area contributed by atoms with Gasteiger partial charge in [-0.05, 0) is 0 Å². The predicted molar refractivity (Wildman–Crippen MR) is 65.9 cm³/mol. The van der Waals surface area contributed by atoms with E-state index in [1.54, 1.807) is 0 Å². The maximum atomic E-state index is 11.3. The van der Waals surface area contributed by atoms with Gasteiger partial charge < -0.3 is 0 Å². The summed E-state index contributed by atoms with van der Waals surface area (Å²) in [5, 5.41) is 0. The second-order valence-electron chi connectivity index (χ2n) is 2.21. The first-order valence-corrected chi connectivity index (χ1v) is 7.85. The molecule has 0 spiro atoms. The van der Waals surface area contributed by atoms with E-state index >= 15 is 0 Å². The Morgan fingerprint density at radius 1 is 0.875 bits per heavy atom. The predicted octanol–water partition coefficient (Wildman–Crippen LogP) is 5.10. The monoisotopic (exact) mass is 440 g/mol. The van der Waals surface area contributed by atoms with Crippen LogP contribution in [0.4, 0.5) is 0 Å². The summed E-state index contributed by atoms with van der Waals surface area (Å²) in [6.07, 6.45) is 0. The van der Waals surface area contributed by atoms with Gasteiger partial charge in [0.25, 0.3) is 0 Å². The Kier molecular flexibility index (Phi) is 10.8. The largest absolute Gasteiger partial charge is 0.424 e. The van der Waals surface area contributed by atoms with Crippen LogP contribution < -0.4 is 0 Å². The number of alkyl halides is 6. The quantitative estimate of drug-likeness (QED) is 0.344. The van der Waals surface area contributed by atoms with E-state index in [9.17, 15) is 4.57 Å². The van der Waals surface area contributed by atoms with Gasteiger partial charge in [-0.1, -0.05) is 69.6 Å². The van der Waals surface area contributed by atoms with Gasteiger partial charge in [-0.3, -0.25) is 9.05 Å². The van der Waals surface area contributed by atoms with Crippen LogP contribution in [0, 0.1) is 0 Å².